The highest BCUT2D eigenvalue weighted by atomic mass is 32.2. The largest absolute Gasteiger partial charge is 0.424 e. The van der Waals surface area contributed by atoms with Crippen LogP contribution in [0.1, 0.15) is 185 Å². The highest BCUT2D eigenvalue weighted by Crippen LogP contribution is 2.34. The molecule has 4 aliphatic rings. The van der Waals surface area contributed by atoms with Crippen molar-refractivity contribution in [2.45, 2.75) is 229 Å². The summed E-state index contributed by atoms with van der Waals surface area (Å²) >= 11 is 0. The lowest BCUT2D eigenvalue weighted by atomic mass is 9.86. The van der Waals surface area contributed by atoms with E-state index in [-0.39, 0.29) is 57.9 Å². The number of nitrogens with one attached hydrogen (secondary N) is 8. The summed E-state index contributed by atoms with van der Waals surface area (Å²) in [5.41, 5.74) is 4.22. The number of hydrogen-bond donors (Lipinski definition) is 8. The fourth-order valence-corrected chi connectivity index (χ4v) is 16.8. The minimum Gasteiger partial charge on any atom is -0.424 e. The molecule has 24 nitrogen and oxygen atoms in total. The summed E-state index contributed by atoms with van der Waals surface area (Å²) in [6.07, 6.45) is 16.0. The fraction of sp³-hybridized carbons (Fsp3) is 0.611. The van der Waals surface area contributed by atoms with Crippen LogP contribution in [0.4, 0.5) is 41.6 Å². The van der Waals surface area contributed by atoms with Gasteiger partial charge in [-0.1, -0.05) is 13.8 Å². The van der Waals surface area contributed by atoms with Crippen LogP contribution in [0.15, 0.2) is 90.5 Å². The third kappa shape index (κ3) is 23.2. The number of sulfonamides is 4. The second kappa shape index (κ2) is 35.4. The van der Waals surface area contributed by atoms with Crippen LogP contribution in [0.2, 0.25) is 0 Å². The van der Waals surface area contributed by atoms with Crippen molar-refractivity contribution in [3.05, 3.63) is 96.1 Å². The molecule has 0 saturated heterocycles. The van der Waals surface area contributed by atoms with Crippen LogP contribution >= 0.6 is 0 Å². The Morgan fingerprint density at radius 1 is 0.365 bits per heavy atom. The summed E-state index contributed by atoms with van der Waals surface area (Å²) in [6.45, 7) is 19.4. The lowest BCUT2D eigenvalue weighted by Gasteiger charge is -2.29. The van der Waals surface area contributed by atoms with Crippen LogP contribution in [-0.4, -0.2) is 124 Å². The van der Waals surface area contributed by atoms with Gasteiger partial charge in [0.25, 0.3) is 24.1 Å². The van der Waals surface area contributed by atoms with Gasteiger partial charge in [-0.2, -0.15) is 19.9 Å². The number of fused-ring (bicyclic) bond motifs is 4. The second-order valence-electron chi connectivity index (χ2n) is 30.1. The van der Waals surface area contributed by atoms with E-state index in [9.17, 15) is 51.2 Å². The summed E-state index contributed by atoms with van der Waals surface area (Å²) < 4.78 is 181. The molecule has 576 valence electrons. The van der Waals surface area contributed by atoms with Crippen LogP contribution < -0.4 is 40.2 Å². The number of oxazole rings is 4. The zero-order valence-electron chi connectivity index (χ0n) is 61.1. The van der Waals surface area contributed by atoms with Crippen molar-refractivity contribution in [1.29, 1.82) is 0 Å². The van der Waals surface area contributed by atoms with E-state index in [4.69, 9.17) is 17.7 Å². The average molecular weight is 1530 g/mol. The Morgan fingerprint density at radius 3 is 0.894 bits per heavy atom. The van der Waals surface area contributed by atoms with Gasteiger partial charge >= 0.3 is 0 Å². The monoisotopic (exact) mass is 1530 g/mol. The van der Waals surface area contributed by atoms with Crippen LogP contribution in [0, 0.1) is 46.9 Å². The maximum atomic E-state index is 13.2. The van der Waals surface area contributed by atoms with Gasteiger partial charge in [-0.05, 0) is 243 Å². The van der Waals surface area contributed by atoms with Gasteiger partial charge in [0.1, 0.15) is 45.3 Å². The van der Waals surface area contributed by atoms with Gasteiger partial charge in [0.15, 0.2) is 22.3 Å². The summed E-state index contributed by atoms with van der Waals surface area (Å²) in [6, 6.07) is 19.6. The summed E-state index contributed by atoms with van der Waals surface area (Å²) in [5.74, 6) is 0.00673. The highest BCUT2D eigenvalue weighted by Gasteiger charge is 2.34. The molecule has 0 spiro atoms. The first-order valence-electron chi connectivity index (χ1n) is 36.3. The molecule has 2 unspecified atom stereocenters. The zero-order valence-corrected chi connectivity index (χ0v) is 64.4. The van der Waals surface area contributed by atoms with Crippen LogP contribution in [-0.2, 0) is 40.1 Å². The lowest BCUT2D eigenvalue weighted by molar-refractivity contribution is 0.333. The molecule has 0 bridgehead atoms. The quantitative estimate of drug-likeness (QED) is 0.0261. The first kappa shape index (κ1) is 81.4. The molecule has 0 amide bonds. The molecule has 8 N–H and O–H groups in total. The van der Waals surface area contributed by atoms with Gasteiger partial charge in [0.05, 0.1) is 20.0 Å². The third-order valence-electron chi connectivity index (χ3n) is 20.2. The molecular weight excluding hydrogens is 1430 g/mol. The fourth-order valence-electron chi connectivity index (χ4n) is 12.7. The molecule has 32 heteroatoms. The number of benzene rings is 4. The third-order valence-corrected chi connectivity index (χ3v) is 28.4. The van der Waals surface area contributed by atoms with Crippen molar-refractivity contribution in [3.63, 3.8) is 0 Å². The molecule has 0 aliphatic heterocycles. The number of aromatic nitrogens is 4. The molecule has 4 saturated carbocycles. The van der Waals surface area contributed by atoms with Gasteiger partial charge in [-0.3, -0.25) is 0 Å². The van der Waals surface area contributed by atoms with E-state index in [1.807, 2.05) is 13.8 Å². The molecule has 4 aliphatic carbocycles. The van der Waals surface area contributed by atoms with E-state index in [0.717, 1.165) is 103 Å². The summed E-state index contributed by atoms with van der Waals surface area (Å²) in [7, 11) is -13.0. The molecule has 4 heterocycles. The minimum absolute atomic E-state index is 0.225. The van der Waals surface area contributed by atoms with Gasteiger partial charge in [-0.15, -0.1) is 0 Å². The maximum absolute atomic E-state index is 13.2. The Labute approximate surface area is 609 Å². The minimum atomic E-state index is -3.30. The van der Waals surface area contributed by atoms with Crippen molar-refractivity contribution in [2.24, 2.45) is 23.7 Å². The number of nitrogens with zero attached hydrogens (tertiary/aromatic N) is 4. The Bertz CT molecular complexity index is 4280. The van der Waals surface area contributed by atoms with Crippen molar-refractivity contribution >= 4 is 109 Å². The number of hydrogen-bond acceptors (Lipinski definition) is 20. The van der Waals surface area contributed by atoms with Gasteiger partial charge in [-0.25, -0.2) is 70.1 Å². The molecule has 4 fully saturated rings. The Balaban J connectivity index is 0.000000161. The van der Waals surface area contributed by atoms with Crippen LogP contribution in [0.25, 0.3) is 44.4 Å². The van der Waals surface area contributed by atoms with E-state index in [2.05, 4.69) is 60.1 Å². The van der Waals surface area contributed by atoms with E-state index in [1.165, 1.54) is 48.5 Å². The highest BCUT2D eigenvalue weighted by molar-refractivity contribution is 7.91. The van der Waals surface area contributed by atoms with Crippen molar-refractivity contribution in [3.8, 4) is 0 Å². The Morgan fingerprint density at radius 2 is 0.615 bits per heavy atom. The normalized spacial score (nSPS) is 22.1. The van der Waals surface area contributed by atoms with E-state index in [1.54, 1.807) is 79.7 Å². The number of rotatable bonds is 24. The predicted octanol–water partition coefficient (Wildman–Crippen LogP) is 14.6. The topological polar surface area (TPSA) is 337 Å². The molecule has 104 heavy (non-hydrogen) atoms. The Kier molecular flexibility index (Phi) is 27.7. The lowest BCUT2D eigenvalue weighted by Crippen LogP contribution is -2.42. The first-order valence-corrected chi connectivity index (χ1v) is 42.3. The van der Waals surface area contributed by atoms with Gasteiger partial charge < -0.3 is 38.9 Å². The molecule has 2 atom stereocenters. The number of halogens is 4. The molecule has 12 rings (SSSR count). The van der Waals surface area contributed by atoms with Crippen molar-refractivity contribution in [1.82, 2.24) is 38.8 Å². The molecular formula is C72H104F4N12O12S4. The summed E-state index contributed by atoms with van der Waals surface area (Å²) in [5, 5.41) is 12.4. The van der Waals surface area contributed by atoms with E-state index >= 15 is 0 Å². The smallest absolute Gasteiger partial charge is 0.295 e. The SMILES string of the molecule is CC(C)(C)S(=O)(=O)NCC1CCC(Nc2nc3cc(F)ccc3o2)CC1.CC(C)(C)S(=O)(=O)NCC1CCC(Nc2nc3ccc(F)cc3o2)CC1.CCC(C)S(=O)(=O)NCC1CCC(Nc2nc3cc(F)ccc3o2)CC1.CCC(C)S(=O)(=O)NCC1CCC(Nc2nc3ccc(F)cc3o2)CC1. The molecule has 8 aromatic rings. The predicted molar refractivity (Wildman–Crippen MR) is 400 cm³/mol. The van der Waals surface area contributed by atoms with Crippen LogP contribution in [0.3, 0.4) is 0 Å². The van der Waals surface area contributed by atoms with Crippen LogP contribution in [0.5, 0.6) is 0 Å². The standard InChI is InChI=1S/4C18H26FN3O3S/c1-18(2,3)26(23,24)20-11-12-4-7-14(8-5-12)21-17-22-15-10-13(19)6-9-16(15)25-17;1-18(2,3)26(23,24)20-11-12-4-7-14(8-5-12)21-17-22-15-9-6-13(19)10-16(15)25-17;1-3-12(2)26(23,24)20-11-13-4-7-15(8-5-13)21-18-22-16-10-14(19)6-9-17(16)25-18;1-3-12(2)26(23,24)20-11-13-4-7-15(8-5-13)21-18-22-16-9-6-14(19)10-17(16)25-18/h2*6,9-10,12,14,20H,4-5,7-8,11H2,1-3H3,(H,21,22);2*6,9-10,12-13,15,20H,3-5,7-8,11H2,1-2H3,(H,21,22). The van der Waals surface area contributed by atoms with Gasteiger partial charge in [0, 0.05) is 74.6 Å². The summed E-state index contributed by atoms with van der Waals surface area (Å²) in [4.78, 5) is 17.2. The number of anilines is 4. The zero-order chi connectivity index (χ0) is 75.4. The van der Waals surface area contributed by atoms with E-state index < -0.39 is 49.6 Å². The van der Waals surface area contributed by atoms with E-state index in [0.29, 0.717) is 131 Å². The molecule has 0 radical (unpaired) electrons. The molecule has 4 aromatic carbocycles. The van der Waals surface area contributed by atoms with Gasteiger partial charge in [0.2, 0.25) is 40.1 Å². The second-order valence-corrected chi connectivity index (χ2v) is 39.5. The first-order chi connectivity index (χ1) is 49.0. The molecule has 4 aromatic heterocycles. The Hall–Kier alpha value is -6.68. The van der Waals surface area contributed by atoms with Crippen molar-refractivity contribution in [2.75, 3.05) is 47.4 Å². The van der Waals surface area contributed by atoms with Crippen molar-refractivity contribution < 1.29 is 68.9 Å². The maximum Gasteiger partial charge on any atom is 0.295 e. The average Bonchev–Trinajstić information content (AvgIpc) is 1.65.